The summed E-state index contributed by atoms with van der Waals surface area (Å²) in [5.74, 6) is -0.0450. The van der Waals surface area contributed by atoms with Gasteiger partial charge in [0.1, 0.15) is 5.58 Å². The minimum Gasteiger partial charge on any atom is -0.504 e. The Morgan fingerprint density at radius 3 is 2.76 bits per heavy atom. The van der Waals surface area contributed by atoms with E-state index in [0.717, 1.165) is 0 Å². The van der Waals surface area contributed by atoms with E-state index in [9.17, 15) is 9.90 Å². The summed E-state index contributed by atoms with van der Waals surface area (Å²) in [6.45, 7) is 0. The predicted molar refractivity (Wildman–Crippen MR) is 66.7 cm³/mol. The highest BCUT2D eigenvalue weighted by Crippen LogP contribution is 2.26. The molecule has 0 saturated heterocycles. The predicted octanol–water partition coefficient (Wildman–Crippen LogP) is 3.31. The molecule has 1 aromatic heterocycles. The Labute approximate surface area is 101 Å². The van der Waals surface area contributed by atoms with Gasteiger partial charge in [0.05, 0.1) is 10.8 Å². The molecule has 17 heavy (non-hydrogen) atoms. The molecule has 0 spiro atoms. The van der Waals surface area contributed by atoms with Crippen molar-refractivity contribution in [3.05, 3.63) is 51.6 Å². The van der Waals surface area contributed by atoms with Crippen LogP contribution in [0.3, 0.4) is 0 Å². The van der Waals surface area contributed by atoms with Crippen LogP contribution in [0.15, 0.2) is 45.6 Å². The molecule has 1 N–H and O–H groups in total. The van der Waals surface area contributed by atoms with Crippen molar-refractivity contribution in [2.75, 3.05) is 0 Å². The van der Waals surface area contributed by atoms with E-state index >= 15 is 0 Å². The molecule has 0 bridgehead atoms. The Morgan fingerprint density at radius 1 is 1.12 bits per heavy atom. The fourth-order valence-corrected chi connectivity index (χ4v) is 2.01. The van der Waals surface area contributed by atoms with E-state index in [4.69, 9.17) is 16.0 Å². The lowest BCUT2D eigenvalue weighted by atomic mass is 10.1. The third-order valence-corrected chi connectivity index (χ3v) is 2.87. The number of fused-ring (bicyclic) bond motifs is 2. The zero-order valence-corrected chi connectivity index (χ0v) is 9.36. The summed E-state index contributed by atoms with van der Waals surface area (Å²) in [5.41, 5.74) is 0.417. The minimum atomic E-state index is -0.195. The maximum Gasteiger partial charge on any atom is 0.200 e. The van der Waals surface area contributed by atoms with E-state index in [0.29, 0.717) is 21.4 Å². The van der Waals surface area contributed by atoms with Gasteiger partial charge in [-0.3, -0.25) is 4.79 Å². The normalized spacial score (nSPS) is 11.1. The van der Waals surface area contributed by atoms with Crippen molar-refractivity contribution in [3.8, 4) is 5.75 Å². The second-order valence-corrected chi connectivity index (χ2v) is 4.16. The van der Waals surface area contributed by atoms with E-state index in [-0.39, 0.29) is 16.8 Å². The Kier molecular flexibility index (Phi) is 2.09. The second kappa shape index (κ2) is 3.50. The molecule has 2 aromatic carbocycles. The molecule has 0 atom stereocenters. The summed E-state index contributed by atoms with van der Waals surface area (Å²) in [6.07, 6.45) is 0. The molecule has 0 aliphatic carbocycles. The smallest absolute Gasteiger partial charge is 0.200 e. The van der Waals surface area contributed by atoms with Crippen molar-refractivity contribution in [2.24, 2.45) is 0 Å². The van der Waals surface area contributed by atoms with Gasteiger partial charge in [-0.2, -0.15) is 0 Å². The van der Waals surface area contributed by atoms with Crippen LogP contribution in [0.25, 0.3) is 21.9 Å². The molecule has 0 saturated carbocycles. The summed E-state index contributed by atoms with van der Waals surface area (Å²) in [5, 5.41) is 10.9. The second-order valence-electron chi connectivity index (χ2n) is 3.73. The maximum absolute atomic E-state index is 12.2. The number of phenolic OH excluding ortho intramolecular Hbond substituents is 1. The first-order chi connectivity index (χ1) is 8.16. The molecular weight excluding hydrogens is 240 g/mol. The summed E-state index contributed by atoms with van der Waals surface area (Å²) in [7, 11) is 0. The largest absolute Gasteiger partial charge is 0.504 e. The summed E-state index contributed by atoms with van der Waals surface area (Å²) >= 11 is 5.84. The van der Waals surface area contributed by atoms with E-state index in [1.54, 1.807) is 30.3 Å². The quantitative estimate of drug-likeness (QED) is 0.619. The lowest BCUT2D eigenvalue weighted by Crippen LogP contribution is -2.01. The molecule has 3 rings (SSSR count). The molecule has 0 radical (unpaired) electrons. The van der Waals surface area contributed by atoms with Crippen LogP contribution in [0.4, 0.5) is 0 Å². The van der Waals surface area contributed by atoms with Crippen LogP contribution in [-0.4, -0.2) is 5.11 Å². The number of para-hydroxylation sites is 1. The monoisotopic (exact) mass is 246 g/mol. The van der Waals surface area contributed by atoms with Gasteiger partial charge in [-0.1, -0.05) is 17.7 Å². The third kappa shape index (κ3) is 1.47. The molecule has 0 unspecified atom stereocenters. The Hall–Kier alpha value is -2.00. The Morgan fingerprint density at radius 2 is 1.94 bits per heavy atom. The zero-order valence-electron chi connectivity index (χ0n) is 8.61. The van der Waals surface area contributed by atoms with Crippen LogP contribution in [0.5, 0.6) is 5.75 Å². The molecule has 0 aliphatic heterocycles. The summed E-state index contributed by atoms with van der Waals surface area (Å²) in [6, 6.07) is 9.51. The third-order valence-electron chi connectivity index (χ3n) is 2.64. The van der Waals surface area contributed by atoms with Gasteiger partial charge in [-0.05, 0) is 30.3 Å². The maximum atomic E-state index is 12.2. The lowest BCUT2D eigenvalue weighted by molar-refractivity contribution is 0.467. The van der Waals surface area contributed by atoms with Crippen LogP contribution in [-0.2, 0) is 0 Å². The zero-order chi connectivity index (χ0) is 12.0. The molecule has 0 fully saturated rings. The lowest BCUT2D eigenvalue weighted by Gasteiger charge is -2.02. The highest BCUT2D eigenvalue weighted by molar-refractivity contribution is 6.31. The number of phenols is 1. The highest BCUT2D eigenvalue weighted by Gasteiger charge is 2.10. The van der Waals surface area contributed by atoms with Crippen LogP contribution < -0.4 is 5.43 Å². The van der Waals surface area contributed by atoms with Gasteiger partial charge in [0.15, 0.2) is 11.3 Å². The van der Waals surface area contributed by atoms with E-state index in [1.807, 2.05) is 0 Å². The topological polar surface area (TPSA) is 50.4 Å². The fourth-order valence-electron chi connectivity index (χ4n) is 1.83. The first-order valence-corrected chi connectivity index (χ1v) is 5.38. The van der Waals surface area contributed by atoms with Gasteiger partial charge >= 0.3 is 0 Å². The van der Waals surface area contributed by atoms with Crippen molar-refractivity contribution in [1.82, 2.24) is 0 Å². The number of aromatic hydroxyl groups is 1. The molecule has 1 heterocycles. The molecule has 84 valence electrons. The van der Waals surface area contributed by atoms with Gasteiger partial charge in [-0.25, -0.2) is 0 Å². The summed E-state index contributed by atoms with van der Waals surface area (Å²) in [4.78, 5) is 12.2. The van der Waals surface area contributed by atoms with E-state index in [1.165, 1.54) is 6.07 Å². The van der Waals surface area contributed by atoms with Gasteiger partial charge in [0, 0.05) is 5.02 Å². The molecule has 3 aromatic rings. The van der Waals surface area contributed by atoms with Crippen molar-refractivity contribution < 1.29 is 9.52 Å². The van der Waals surface area contributed by atoms with Crippen LogP contribution in [0.1, 0.15) is 0 Å². The van der Waals surface area contributed by atoms with Crippen LogP contribution in [0.2, 0.25) is 5.02 Å². The first kappa shape index (κ1) is 10.2. The number of halogens is 1. The number of hydrogen-bond donors (Lipinski definition) is 1. The standard InChI is InChI=1S/C13H7ClO3/c14-7-4-5-11-9(6-7)12(16)8-2-1-3-10(15)13(8)17-11/h1-6,15H. The molecular formula is C13H7ClO3. The minimum absolute atomic E-state index is 0.0450. The van der Waals surface area contributed by atoms with Gasteiger partial charge in [-0.15, -0.1) is 0 Å². The fraction of sp³-hybridized carbons (Fsp3) is 0. The van der Waals surface area contributed by atoms with E-state index in [2.05, 4.69) is 0 Å². The number of benzene rings is 2. The average Bonchev–Trinajstić information content (AvgIpc) is 2.32. The van der Waals surface area contributed by atoms with Gasteiger partial charge in [0.25, 0.3) is 0 Å². The van der Waals surface area contributed by atoms with Gasteiger partial charge < -0.3 is 9.52 Å². The Balaban J connectivity index is 2.62. The molecule has 0 amide bonds. The molecule has 3 nitrogen and oxygen atoms in total. The number of rotatable bonds is 0. The van der Waals surface area contributed by atoms with Crippen molar-refractivity contribution >= 4 is 33.5 Å². The highest BCUT2D eigenvalue weighted by atomic mass is 35.5. The molecule has 0 aliphatic rings. The number of hydrogen-bond acceptors (Lipinski definition) is 3. The van der Waals surface area contributed by atoms with Crippen LogP contribution >= 0.6 is 11.6 Å². The summed E-state index contributed by atoms with van der Waals surface area (Å²) < 4.78 is 5.50. The van der Waals surface area contributed by atoms with Crippen LogP contribution in [0, 0.1) is 0 Å². The Bertz CT molecular complexity index is 783. The van der Waals surface area contributed by atoms with Crippen molar-refractivity contribution in [2.45, 2.75) is 0 Å². The van der Waals surface area contributed by atoms with Crippen molar-refractivity contribution in [3.63, 3.8) is 0 Å². The average molecular weight is 247 g/mol. The van der Waals surface area contributed by atoms with Gasteiger partial charge in [0.2, 0.25) is 5.43 Å². The first-order valence-electron chi connectivity index (χ1n) is 5.01. The van der Waals surface area contributed by atoms with Crippen molar-refractivity contribution in [1.29, 1.82) is 0 Å². The SMILES string of the molecule is O=c1c2cc(Cl)ccc2oc2c(O)cccc12. The molecule has 4 heteroatoms. The van der Waals surface area contributed by atoms with E-state index < -0.39 is 0 Å².